The maximum absolute atomic E-state index is 11.9. The second-order valence-electron chi connectivity index (χ2n) is 7.83. The number of guanidine groups is 1. The van der Waals surface area contributed by atoms with E-state index in [9.17, 15) is 4.79 Å². The summed E-state index contributed by atoms with van der Waals surface area (Å²) in [4.78, 5) is 20.2. The highest BCUT2D eigenvalue weighted by Crippen LogP contribution is 2.46. The Bertz CT molecular complexity index is 635. The highest BCUT2D eigenvalue weighted by atomic mass is 127. The number of amides is 1. The Balaban J connectivity index is 0.00000312. The third-order valence-electron chi connectivity index (χ3n) is 5.41. The number of carbonyl (C=O) groups excluding carboxylic acids is 1. The summed E-state index contributed by atoms with van der Waals surface area (Å²) in [5.74, 6) is 0.947. The molecule has 0 saturated carbocycles. The largest absolute Gasteiger partial charge is 0.352 e. The summed E-state index contributed by atoms with van der Waals surface area (Å²) in [6, 6.07) is 7.72. The molecule has 0 unspecified atom stereocenters. The van der Waals surface area contributed by atoms with Crippen molar-refractivity contribution in [2.75, 3.05) is 27.7 Å². The van der Waals surface area contributed by atoms with Gasteiger partial charge in [0.1, 0.15) is 0 Å². The molecule has 1 heterocycles. The molecule has 1 aromatic carbocycles. The van der Waals surface area contributed by atoms with Crippen LogP contribution < -0.4 is 5.32 Å². The van der Waals surface area contributed by atoms with Gasteiger partial charge < -0.3 is 15.1 Å². The first kappa shape index (κ1) is 21.7. The number of benzene rings is 1. The van der Waals surface area contributed by atoms with Crippen molar-refractivity contribution in [3.8, 4) is 0 Å². The second-order valence-corrected chi connectivity index (χ2v) is 7.83. The first-order valence-electron chi connectivity index (χ1n) is 8.39. The molecule has 25 heavy (non-hydrogen) atoms. The van der Waals surface area contributed by atoms with E-state index in [0.29, 0.717) is 12.1 Å². The molecule has 5 nitrogen and oxygen atoms in total. The van der Waals surface area contributed by atoms with E-state index in [0.717, 1.165) is 18.1 Å². The lowest BCUT2D eigenvalue weighted by Gasteiger charge is -2.62. The van der Waals surface area contributed by atoms with Gasteiger partial charge in [-0.05, 0) is 31.5 Å². The fourth-order valence-electron chi connectivity index (χ4n) is 2.90. The molecular weight excluding hydrogens is 427 g/mol. The van der Waals surface area contributed by atoms with Crippen molar-refractivity contribution in [2.24, 2.45) is 10.4 Å². The molecular formula is C19H31IN4O. The average Bonchev–Trinajstić information content (AvgIpc) is 2.54. The van der Waals surface area contributed by atoms with Crippen LogP contribution >= 0.6 is 24.0 Å². The predicted octanol–water partition coefficient (Wildman–Crippen LogP) is 3.20. The van der Waals surface area contributed by atoms with E-state index in [-0.39, 0.29) is 40.8 Å². The Labute approximate surface area is 168 Å². The molecule has 0 spiro atoms. The Morgan fingerprint density at radius 2 is 1.76 bits per heavy atom. The number of carbonyl (C=O) groups is 1. The fraction of sp³-hybridized carbons (Fsp3) is 0.579. The Morgan fingerprint density at radius 1 is 1.20 bits per heavy atom. The van der Waals surface area contributed by atoms with E-state index in [1.54, 1.807) is 19.0 Å². The smallest absolute Gasteiger partial charge is 0.253 e. The van der Waals surface area contributed by atoms with Gasteiger partial charge in [0.05, 0.1) is 0 Å². The van der Waals surface area contributed by atoms with Gasteiger partial charge in [0.2, 0.25) is 0 Å². The molecule has 1 aliphatic heterocycles. The minimum Gasteiger partial charge on any atom is -0.352 e. The van der Waals surface area contributed by atoms with Crippen molar-refractivity contribution >= 4 is 35.8 Å². The minimum atomic E-state index is 0. The molecule has 140 valence electrons. The summed E-state index contributed by atoms with van der Waals surface area (Å²) in [5, 5.41) is 3.43. The molecule has 1 aromatic rings. The molecule has 2 rings (SSSR count). The Kier molecular flexibility index (Phi) is 6.89. The van der Waals surface area contributed by atoms with Crippen molar-refractivity contribution in [1.82, 2.24) is 15.1 Å². The van der Waals surface area contributed by atoms with Crippen molar-refractivity contribution < 1.29 is 4.79 Å². The van der Waals surface area contributed by atoms with E-state index in [1.165, 1.54) is 0 Å². The molecule has 1 aliphatic rings. The number of nitrogens with one attached hydrogen (secondary N) is 1. The number of likely N-dealkylation sites (tertiary alicyclic amines) is 1. The van der Waals surface area contributed by atoms with Gasteiger partial charge in [-0.1, -0.05) is 26.0 Å². The van der Waals surface area contributed by atoms with Crippen molar-refractivity contribution in [2.45, 2.75) is 39.8 Å². The minimum absolute atomic E-state index is 0. The lowest BCUT2D eigenvalue weighted by molar-refractivity contribution is -0.0667. The third kappa shape index (κ3) is 4.27. The molecule has 0 bridgehead atoms. The van der Waals surface area contributed by atoms with Gasteiger partial charge in [-0.3, -0.25) is 9.79 Å². The van der Waals surface area contributed by atoms with Gasteiger partial charge in [-0.25, -0.2) is 0 Å². The first-order chi connectivity index (χ1) is 11.1. The first-order valence-corrected chi connectivity index (χ1v) is 8.39. The predicted molar refractivity (Wildman–Crippen MR) is 115 cm³/mol. The number of nitrogens with zero attached hydrogens (tertiary/aromatic N) is 3. The fourth-order valence-corrected chi connectivity index (χ4v) is 2.90. The topological polar surface area (TPSA) is 47.9 Å². The summed E-state index contributed by atoms with van der Waals surface area (Å²) in [6.07, 6.45) is 0. The van der Waals surface area contributed by atoms with E-state index in [4.69, 9.17) is 0 Å². The van der Waals surface area contributed by atoms with Crippen LogP contribution in [0.3, 0.4) is 0 Å². The van der Waals surface area contributed by atoms with Crippen molar-refractivity contribution in [3.05, 3.63) is 35.4 Å². The van der Waals surface area contributed by atoms with Crippen LogP contribution in [0, 0.1) is 5.41 Å². The highest BCUT2D eigenvalue weighted by Gasteiger charge is 2.53. The molecule has 0 radical (unpaired) electrons. The van der Waals surface area contributed by atoms with Crippen LogP contribution in [0.15, 0.2) is 29.3 Å². The summed E-state index contributed by atoms with van der Waals surface area (Å²) in [7, 11) is 5.35. The quantitative estimate of drug-likeness (QED) is 0.430. The molecule has 1 N–H and O–H groups in total. The van der Waals surface area contributed by atoms with Crippen LogP contribution in [0.4, 0.5) is 0 Å². The average molecular weight is 458 g/mol. The van der Waals surface area contributed by atoms with Gasteiger partial charge in [-0.2, -0.15) is 0 Å². The SMILES string of the molecule is CN=C(NCc1ccc(C(=O)N(C)C)cc1)N1CC(C)(C)C1(C)C.I. The number of hydrogen-bond donors (Lipinski definition) is 1. The molecule has 0 atom stereocenters. The second kappa shape index (κ2) is 7.93. The van der Waals surface area contributed by atoms with E-state index in [1.807, 2.05) is 31.3 Å². The molecule has 1 fully saturated rings. The van der Waals surface area contributed by atoms with E-state index >= 15 is 0 Å². The lowest BCUT2D eigenvalue weighted by Crippen LogP contribution is -2.72. The van der Waals surface area contributed by atoms with Gasteiger partial charge >= 0.3 is 0 Å². The monoisotopic (exact) mass is 458 g/mol. The summed E-state index contributed by atoms with van der Waals surface area (Å²) < 4.78 is 0. The number of rotatable bonds is 3. The van der Waals surface area contributed by atoms with Gasteiger partial charge in [0.15, 0.2) is 5.96 Å². The number of aliphatic imine (C=N–C) groups is 1. The van der Waals surface area contributed by atoms with E-state index < -0.39 is 0 Å². The maximum Gasteiger partial charge on any atom is 0.253 e. The zero-order valence-electron chi connectivity index (χ0n) is 16.4. The lowest BCUT2D eigenvalue weighted by atomic mass is 9.65. The van der Waals surface area contributed by atoms with Crippen LogP contribution in [0.25, 0.3) is 0 Å². The molecule has 1 amide bonds. The highest BCUT2D eigenvalue weighted by molar-refractivity contribution is 14.0. The Morgan fingerprint density at radius 3 is 2.16 bits per heavy atom. The van der Waals surface area contributed by atoms with Crippen LogP contribution in [0.5, 0.6) is 0 Å². The van der Waals surface area contributed by atoms with Crippen LogP contribution in [0.2, 0.25) is 0 Å². The van der Waals surface area contributed by atoms with E-state index in [2.05, 4.69) is 42.9 Å². The van der Waals surface area contributed by atoms with Gasteiger partial charge in [0.25, 0.3) is 5.91 Å². The standard InChI is InChI=1S/C19H30N4O.HI/c1-18(2)13-23(19(18,3)4)17(20-5)21-12-14-8-10-15(11-9-14)16(24)22(6)7;/h8-11H,12-13H2,1-7H3,(H,20,21);1H. The molecule has 1 saturated heterocycles. The third-order valence-corrected chi connectivity index (χ3v) is 5.41. The molecule has 0 aromatic heterocycles. The van der Waals surface area contributed by atoms with Gasteiger partial charge in [-0.15, -0.1) is 24.0 Å². The van der Waals surface area contributed by atoms with Crippen LogP contribution in [0.1, 0.15) is 43.6 Å². The van der Waals surface area contributed by atoms with Crippen molar-refractivity contribution in [1.29, 1.82) is 0 Å². The normalized spacial score (nSPS) is 18.0. The number of hydrogen-bond acceptors (Lipinski definition) is 2. The number of halogens is 1. The summed E-state index contributed by atoms with van der Waals surface area (Å²) in [5.41, 5.74) is 2.19. The van der Waals surface area contributed by atoms with Crippen LogP contribution in [-0.4, -0.2) is 54.9 Å². The van der Waals surface area contributed by atoms with Gasteiger partial charge in [0, 0.05) is 50.7 Å². The molecule has 0 aliphatic carbocycles. The zero-order chi connectivity index (χ0) is 18.1. The maximum atomic E-state index is 11.9. The summed E-state index contributed by atoms with van der Waals surface area (Å²) >= 11 is 0. The Hall–Kier alpha value is -1.31. The van der Waals surface area contributed by atoms with Crippen LogP contribution in [-0.2, 0) is 6.54 Å². The zero-order valence-corrected chi connectivity index (χ0v) is 18.7. The molecule has 6 heteroatoms. The van der Waals surface area contributed by atoms with Crippen molar-refractivity contribution in [3.63, 3.8) is 0 Å². The summed E-state index contributed by atoms with van der Waals surface area (Å²) in [6.45, 7) is 10.8.